The van der Waals surface area contributed by atoms with Crippen LogP contribution >= 0.6 is 0 Å². The fraction of sp³-hybridized carbons (Fsp3) is 0.462. The van der Waals surface area contributed by atoms with Crippen molar-refractivity contribution < 1.29 is 14.6 Å². The second-order valence-electron chi connectivity index (χ2n) is 4.70. The van der Waals surface area contributed by atoms with Gasteiger partial charge >= 0.3 is 0 Å². The summed E-state index contributed by atoms with van der Waals surface area (Å²) < 4.78 is 4.94. The number of hydrogen-bond donors (Lipinski definition) is 3. The van der Waals surface area contributed by atoms with E-state index in [4.69, 9.17) is 10.5 Å². The van der Waals surface area contributed by atoms with E-state index >= 15 is 0 Å². The summed E-state index contributed by atoms with van der Waals surface area (Å²) in [5, 5.41) is 12.4. The molecule has 0 aliphatic heterocycles. The summed E-state index contributed by atoms with van der Waals surface area (Å²) in [6.45, 7) is 0. The monoisotopic (exact) mass is 250 g/mol. The van der Waals surface area contributed by atoms with Crippen molar-refractivity contribution in [3.05, 3.63) is 18.2 Å². The fourth-order valence-electron chi connectivity index (χ4n) is 2.26. The summed E-state index contributed by atoms with van der Waals surface area (Å²) in [5.74, 6) is 0.175. The Morgan fingerprint density at radius 3 is 2.67 bits per heavy atom. The zero-order chi connectivity index (χ0) is 13.2. The standard InChI is InChI=1S/C13H18N2O3/c1-18-11-5-4-9(8-10(11)16)15-12(17)13(14)6-2-3-7-13/h4-5,8,16H,2-3,6-7,14H2,1H3,(H,15,17). The second kappa shape index (κ2) is 4.86. The molecular weight excluding hydrogens is 232 g/mol. The molecule has 1 fully saturated rings. The van der Waals surface area contributed by atoms with E-state index in [0.29, 0.717) is 24.3 Å². The molecule has 5 nitrogen and oxygen atoms in total. The number of benzene rings is 1. The van der Waals surface area contributed by atoms with Crippen molar-refractivity contribution in [2.45, 2.75) is 31.2 Å². The maximum atomic E-state index is 12.1. The average molecular weight is 250 g/mol. The van der Waals surface area contributed by atoms with Gasteiger partial charge in [0.25, 0.3) is 0 Å². The first-order valence-corrected chi connectivity index (χ1v) is 6.02. The predicted molar refractivity (Wildman–Crippen MR) is 68.7 cm³/mol. The molecule has 1 aliphatic rings. The molecule has 0 bridgehead atoms. The van der Waals surface area contributed by atoms with Crippen LogP contribution in [0.2, 0.25) is 0 Å². The molecule has 1 aromatic rings. The van der Waals surface area contributed by atoms with Gasteiger partial charge in [-0.2, -0.15) is 0 Å². The number of amides is 1. The summed E-state index contributed by atoms with van der Waals surface area (Å²) in [5.41, 5.74) is 5.80. The van der Waals surface area contributed by atoms with Crippen LogP contribution in [0.25, 0.3) is 0 Å². The van der Waals surface area contributed by atoms with Gasteiger partial charge in [-0.15, -0.1) is 0 Å². The van der Waals surface area contributed by atoms with E-state index < -0.39 is 5.54 Å². The van der Waals surface area contributed by atoms with Crippen molar-refractivity contribution in [1.29, 1.82) is 0 Å². The van der Waals surface area contributed by atoms with Crippen LogP contribution in [-0.4, -0.2) is 23.7 Å². The van der Waals surface area contributed by atoms with Crippen LogP contribution in [0.3, 0.4) is 0 Å². The first-order valence-electron chi connectivity index (χ1n) is 6.02. The normalized spacial score (nSPS) is 17.4. The summed E-state index contributed by atoms with van der Waals surface area (Å²) in [6, 6.07) is 4.73. The minimum Gasteiger partial charge on any atom is -0.504 e. The van der Waals surface area contributed by atoms with E-state index in [1.165, 1.54) is 13.2 Å². The maximum Gasteiger partial charge on any atom is 0.244 e. The Morgan fingerprint density at radius 1 is 1.44 bits per heavy atom. The van der Waals surface area contributed by atoms with E-state index in [9.17, 15) is 9.90 Å². The van der Waals surface area contributed by atoms with Crippen molar-refractivity contribution in [2.75, 3.05) is 12.4 Å². The molecule has 0 heterocycles. The third-order valence-corrected chi connectivity index (χ3v) is 3.38. The summed E-state index contributed by atoms with van der Waals surface area (Å²) in [4.78, 5) is 12.1. The fourth-order valence-corrected chi connectivity index (χ4v) is 2.26. The van der Waals surface area contributed by atoms with Gasteiger partial charge in [0.05, 0.1) is 12.6 Å². The molecule has 1 aromatic carbocycles. The quantitative estimate of drug-likeness (QED) is 0.761. The van der Waals surface area contributed by atoms with Gasteiger partial charge in [-0.3, -0.25) is 4.79 Å². The zero-order valence-electron chi connectivity index (χ0n) is 10.4. The molecule has 18 heavy (non-hydrogen) atoms. The smallest absolute Gasteiger partial charge is 0.244 e. The molecule has 0 radical (unpaired) electrons. The molecule has 4 N–H and O–H groups in total. The Morgan fingerprint density at radius 2 is 2.11 bits per heavy atom. The number of nitrogens with two attached hydrogens (primary N) is 1. The molecular formula is C13H18N2O3. The van der Waals surface area contributed by atoms with E-state index in [1.807, 2.05) is 0 Å². The Bertz CT molecular complexity index is 454. The first-order chi connectivity index (χ1) is 8.55. The lowest BCUT2D eigenvalue weighted by Gasteiger charge is -2.22. The van der Waals surface area contributed by atoms with Crippen LogP contribution in [0.4, 0.5) is 5.69 Å². The molecule has 0 unspecified atom stereocenters. The number of aromatic hydroxyl groups is 1. The van der Waals surface area contributed by atoms with Crippen molar-refractivity contribution in [3.8, 4) is 11.5 Å². The van der Waals surface area contributed by atoms with Gasteiger partial charge in [0.15, 0.2) is 11.5 Å². The Labute approximate surface area is 106 Å². The Kier molecular flexibility index (Phi) is 3.43. The Hall–Kier alpha value is -1.75. The highest BCUT2D eigenvalue weighted by Crippen LogP contribution is 2.31. The largest absolute Gasteiger partial charge is 0.504 e. The number of rotatable bonds is 3. The number of hydrogen-bond acceptors (Lipinski definition) is 4. The number of ether oxygens (including phenoxy) is 1. The van der Waals surface area contributed by atoms with Crippen molar-refractivity contribution in [3.63, 3.8) is 0 Å². The molecule has 98 valence electrons. The molecule has 0 saturated heterocycles. The predicted octanol–water partition coefficient (Wildman–Crippen LogP) is 1.61. The number of nitrogens with one attached hydrogen (secondary N) is 1. The highest BCUT2D eigenvalue weighted by atomic mass is 16.5. The van der Waals surface area contributed by atoms with Gasteiger partial charge in [0, 0.05) is 11.8 Å². The molecule has 5 heteroatoms. The molecule has 0 spiro atoms. The van der Waals surface area contributed by atoms with Crippen LogP contribution in [-0.2, 0) is 4.79 Å². The second-order valence-corrected chi connectivity index (χ2v) is 4.70. The maximum absolute atomic E-state index is 12.1. The lowest BCUT2D eigenvalue weighted by atomic mass is 9.98. The van der Waals surface area contributed by atoms with Crippen LogP contribution < -0.4 is 15.8 Å². The van der Waals surface area contributed by atoms with Crippen LogP contribution in [0.5, 0.6) is 11.5 Å². The highest BCUT2D eigenvalue weighted by Gasteiger charge is 2.36. The minimum absolute atomic E-state index is 0.00667. The number of carbonyl (C=O) groups is 1. The van der Waals surface area contributed by atoms with Crippen LogP contribution in [0.1, 0.15) is 25.7 Å². The highest BCUT2D eigenvalue weighted by molar-refractivity contribution is 5.98. The Balaban J connectivity index is 2.09. The third-order valence-electron chi connectivity index (χ3n) is 3.38. The molecule has 2 rings (SSSR count). The van der Waals surface area contributed by atoms with E-state index in [1.54, 1.807) is 12.1 Å². The summed E-state index contributed by atoms with van der Waals surface area (Å²) in [6.07, 6.45) is 3.39. The van der Waals surface area contributed by atoms with E-state index in [0.717, 1.165) is 12.8 Å². The van der Waals surface area contributed by atoms with Gasteiger partial charge < -0.3 is 20.9 Å². The van der Waals surface area contributed by atoms with Crippen molar-refractivity contribution in [2.24, 2.45) is 5.73 Å². The van der Waals surface area contributed by atoms with E-state index in [2.05, 4.69) is 5.32 Å². The molecule has 0 aromatic heterocycles. The van der Waals surface area contributed by atoms with Crippen LogP contribution in [0.15, 0.2) is 18.2 Å². The SMILES string of the molecule is COc1ccc(NC(=O)C2(N)CCCC2)cc1O. The van der Waals surface area contributed by atoms with Gasteiger partial charge in [-0.25, -0.2) is 0 Å². The summed E-state index contributed by atoms with van der Waals surface area (Å²) >= 11 is 0. The topological polar surface area (TPSA) is 84.6 Å². The summed E-state index contributed by atoms with van der Waals surface area (Å²) in [7, 11) is 1.47. The number of anilines is 1. The molecule has 1 aliphatic carbocycles. The lowest BCUT2D eigenvalue weighted by molar-refractivity contribution is -0.121. The average Bonchev–Trinajstić information content (AvgIpc) is 2.78. The van der Waals surface area contributed by atoms with Gasteiger partial charge in [0.1, 0.15) is 0 Å². The van der Waals surface area contributed by atoms with Gasteiger partial charge in [0.2, 0.25) is 5.91 Å². The molecule has 1 saturated carbocycles. The molecule has 1 amide bonds. The van der Waals surface area contributed by atoms with Gasteiger partial charge in [-0.05, 0) is 25.0 Å². The first kappa shape index (κ1) is 12.7. The van der Waals surface area contributed by atoms with Crippen LogP contribution in [0, 0.1) is 0 Å². The van der Waals surface area contributed by atoms with Crippen molar-refractivity contribution >= 4 is 11.6 Å². The van der Waals surface area contributed by atoms with Gasteiger partial charge in [-0.1, -0.05) is 12.8 Å². The minimum atomic E-state index is -0.768. The van der Waals surface area contributed by atoms with Crippen molar-refractivity contribution in [1.82, 2.24) is 0 Å². The lowest BCUT2D eigenvalue weighted by Crippen LogP contribution is -2.48. The third kappa shape index (κ3) is 2.41. The number of phenolic OH excluding ortho intramolecular Hbond substituents is 1. The number of methoxy groups -OCH3 is 1. The zero-order valence-corrected chi connectivity index (χ0v) is 10.4. The number of phenols is 1. The molecule has 0 atom stereocenters. The van der Waals surface area contributed by atoms with E-state index in [-0.39, 0.29) is 11.7 Å². The number of carbonyl (C=O) groups excluding carboxylic acids is 1.